The summed E-state index contributed by atoms with van der Waals surface area (Å²) in [7, 11) is 1.52. The van der Waals surface area contributed by atoms with Crippen LogP contribution in [0, 0.1) is 5.41 Å². The number of aliphatic imine (C=N–C) groups is 1. The van der Waals surface area contributed by atoms with Crippen LogP contribution in [0.3, 0.4) is 0 Å². The molecule has 0 spiro atoms. The van der Waals surface area contributed by atoms with E-state index in [0.717, 1.165) is 17.7 Å². The summed E-state index contributed by atoms with van der Waals surface area (Å²) in [6.07, 6.45) is -3.79. The SMILES string of the molecule is C/N=C(\NCCc1ccc(C(F)(F)F)cc1)NC(=N)N. The Hall–Kier alpha value is -2.25. The second-order valence-corrected chi connectivity index (χ2v) is 3.98. The highest BCUT2D eigenvalue weighted by Crippen LogP contribution is 2.29. The van der Waals surface area contributed by atoms with Gasteiger partial charge in [0, 0.05) is 13.6 Å². The summed E-state index contributed by atoms with van der Waals surface area (Å²) in [5.74, 6) is 0.0945. The van der Waals surface area contributed by atoms with Crippen molar-refractivity contribution in [2.45, 2.75) is 12.6 Å². The monoisotopic (exact) mass is 287 g/mol. The Kier molecular flexibility index (Phi) is 5.36. The van der Waals surface area contributed by atoms with Gasteiger partial charge in [0.2, 0.25) is 0 Å². The zero-order chi connectivity index (χ0) is 15.2. The minimum absolute atomic E-state index is 0.243. The maximum Gasteiger partial charge on any atom is 0.416 e. The molecule has 0 amide bonds. The van der Waals surface area contributed by atoms with Crippen molar-refractivity contribution in [2.24, 2.45) is 10.7 Å². The van der Waals surface area contributed by atoms with Crippen LogP contribution in [-0.4, -0.2) is 25.5 Å². The highest BCUT2D eigenvalue weighted by atomic mass is 19.4. The van der Waals surface area contributed by atoms with Gasteiger partial charge in [-0.1, -0.05) is 12.1 Å². The molecule has 20 heavy (non-hydrogen) atoms. The van der Waals surface area contributed by atoms with Crippen LogP contribution in [-0.2, 0) is 12.6 Å². The molecule has 0 aliphatic heterocycles. The average molecular weight is 287 g/mol. The fourth-order valence-corrected chi connectivity index (χ4v) is 1.49. The Morgan fingerprint density at radius 3 is 2.35 bits per heavy atom. The van der Waals surface area contributed by atoms with Crippen LogP contribution in [0.15, 0.2) is 29.3 Å². The molecule has 5 nitrogen and oxygen atoms in total. The van der Waals surface area contributed by atoms with Gasteiger partial charge in [0.15, 0.2) is 11.9 Å². The first-order valence-electron chi connectivity index (χ1n) is 5.80. The van der Waals surface area contributed by atoms with E-state index in [4.69, 9.17) is 11.1 Å². The van der Waals surface area contributed by atoms with Crippen LogP contribution >= 0.6 is 0 Å². The Morgan fingerprint density at radius 1 is 1.30 bits per heavy atom. The first kappa shape index (κ1) is 15.8. The Labute approximate surface area is 114 Å². The van der Waals surface area contributed by atoms with Gasteiger partial charge >= 0.3 is 6.18 Å². The van der Waals surface area contributed by atoms with E-state index in [9.17, 15) is 13.2 Å². The van der Waals surface area contributed by atoms with E-state index in [0.29, 0.717) is 18.9 Å². The molecule has 0 aliphatic rings. The molecule has 0 unspecified atom stereocenters. The van der Waals surface area contributed by atoms with E-state index in [1.165, 1.54) is 19.2 Å². The number of benzene rings is 1. The zero-order valence-electron chi connectivity index (χ0n) is 10.9. The molecule has 0 bridgehead atoms. The van der Waals surface area contributed by atoms with Crippen molar-refractivity contribution in [3.63, 3.8) is 0 Å². The summed E-state index contributed by atoms with van der Waals surface area (Å²) in [4.78, 5) is 3.83. The lowest BCUT2D eigenvalue weighted by molar-refractivity contribution is -0.137. The quantitative estimate of drug-likeness (QED) is 0.499. The second kappa shape index (κ2) is 6.78. The van der Waals surface area contributed by atoms with Gasteiger partial charge in [-0.3, -0.25) is 15.7 Å². The summed E-state index contributed by atoms with van der Waals surface area (Å²) in [5, 5.41) is 12.4. The molecular weight excluding hydrogens is 271 g/mol. The smallest absolute Gasteiger partial charge is 0.370 e. The summed E-state index contributed by atoms with van der Waals surface area (Å²) in [6, 6.07) is 4.98. The number of hydrogen-bond donors (Lipinski definition) is 4. The minimum atomic E-state index is -4.32. The summed E-state index contributed by atoms with van der Waals surface area (Å²) < 4.78 is 37.1. The van der Waals surface area contributed by atoms with Crippen molar-refractivity contribution < 1.29 is 13.2 Å². The number of nitrogens with one attached hydrogen (secondary N) is 3. The summed E-state index contributed by atoms with van der Waals surface area (Å²) in [6.45, 7) is 0.457. The third-order valence-electron chi connectivity index (χ3n) is 2.46. The molecule has 1 aromatic carbocycles. The first-order valence-corrected chi connectivity index (χ1v) is 5.80. The molecule has 1 rings (SSSR count). The van der Waals surface area contributed by atoms with Crippen molar-refractivity contribution in [3.8, 4) is 0 Å². The van der Waals surface area contributed by atoms with Crippen molar-refractivity contribution >= 4 is 11.9 Å². The normalized spacial score (nSPS) is 12.1. The molecule has 110 valence electrons. The van der Waals surface area contributed by atoms with Gasteiger partial charge < -0.3 is 11.1 Å². The number of halogens is 3. The van der Waals surface area contributed by atoms with Crippen molar-refractivity contribution in [2.75, 3.05) is 13.6 Å². The Morgan fingerprint density at radius 2 is 1.90 bits per heavy atom. The van der Waals surface area contributed by atoms with Crippen LogP contribution in [0.25, 0.3) is 0 Å². The van der Waals surface area contributed by atoms with Gasteiger partial charge in [-0.05, 0) is 24.1 Å². The van der Waals surface area contributed by atoms with Crippen molar-refractivity contribution in [1.29, 1.82) is 5.41 Å². The van der Waals surface area contributed by atoms with Gasteiger partial charge in [-0.25, -0.2) is 0 Å². The summed E-state index contributed by atoms with van der Waals surface area (Å²) >= 11 is 0. The van der Waals surface area contributed by atoms with E-state index < -0.39 is 11.7 Å². The van der Waals surface area contributed by atoms with Crippen LogP contribution < -0.4 is 16.4 Å². The molecule has 0 saturated heterocycles. The largest absolute Gasteiger partial charge is 0.416 e. The third kappa shape index (κ3) is 5.17. The van der Waals surface area contributed by atoms with Crippen LogP contribution in [0.2, 0.25) is 0 Å². The van der Waals surface area contributed by atoms with Gasteiger partial charge in [-0.15, -0.1) is 0 Å². The van der Waals surface area contributed by atoms with E-state index in [1.54, 1.807) is 0 Å². The van der Waals surface area contributed by atoms with Gasteiger partial charge in [-0.2, -0.15) is 13.2 Å². The lowest BCUT2D eigenvalue weighted by Crippen LogP contribution is -2.44. The number of rotatable bonds is 3. The fourth-order valence-electron chi connectivity index (χ4n) is 1.49. The molecular formula is C12H16F3N5. The molecule has 0 heterocycles. The second-order valence-electron chi connectivity index (χ2n) is 3.98. The van der Waals surface area contributed by atoms with Crippen LogP contribution in [0.4, 0.5) is 13.2 Å². The summed E-state index contributed by atoms with van der Waals surface area (Å²) in [5.41, 5.74) is 5.26. The van der Waals surface area contributed by atoms with E-state index >= 15 is 0 Å². The van der Waals surface area contributed by atoms with Crippen molar-refractivity contribution in [3.05, 3.63) is 35.4 Å². The molecule has 5 N–H and O–H groups in total. The lowest BCUT2D eigenvalue weighted by atomic mass is 10.1. The van der Waals surface area contributed by atoms with E-state index in [2.05, 4.69) is 15.6 Å². The molecule has 0 aliphatic carbocycles. The Balaban J connectivity index is 2.48. The molecule has 1 aromatic rings. The number of alkyl halides is 3. The predicted molar refractivity (Wildman–Crippen MR) is 71.6 cm³/mol. The topological polar surface area (TPSA) is 86.3 Å². The fraction of sp³-hybridized carbons (Fsp3) is 0.333. The molecule has 0 saturated carbocycles. The molecule has 0 fully saturated rings. The Bertz CT molecular complexity index is 479. The molecule has 0 atom stereocenters. The molecule has 0 aromatic heterocycles. The van der Waals surface area contributed by atoms with Gasteiger partial charge in [0.05, 0.1) is 5.56 Å². The number of nitrogens with two attached hydrogens (primary N) is 1. The number of hydrogen-bond acceptors (Lipinski definition) is 2. The molecule has 8 heteroatoms. The highest BCUT2D eigenvalue weighted by Gasteiger charge is 2.29. The zero-order valence-corrected chi connectivity index (χ0v) is 10.9. The third-order valence-corrected chi connectivity index (χ3v) is 2.46. The molecule has 0 radical (unpaired) electrons. The van der Waals surface area contributed by atoms with E-state index in [1.807, 2.05) is 0 Å². The number of guanidine groups is 2. The van der Waals surface area contributed by atoms with Gasteiger partial charge in [0.1, 0.15) is 0 Å². The average Bonchev–Trinajstić information content (AvgIpc) is 2.36. The standard InChI is InChI=1S/C12H16F3N5/c1-18-11(20-10(16)17)19-7-6-8-2-4-9(5-3-8)12(13,14)15/h2-5H,6-7H2,1H3,(H5,16,17,18,19,20). The van der Waals surface area contributed by atoms with Crippen molar-refractivity contribution in [1.82, 2.24) is 10.6 Å². The van der Waals surface area contributed by atoms with Crippen LogP contribution in [0.1, 0.15) is 11.1 Å². The lowest BCUT2D eigenvalue weighted by Gasteiger charge is -2.11. The first-order chi connectivity index (χ1) is 9.32. The number of nitrogens with zero attached hydrogens (tertiary/aromatic N) is 1. The van der Waals surface area contributed by atoms with Gasteiger partial charge in [0.25, 0.3) is 0 Å². The van der Waals surface area contributed by atoms with E-state index in [-0.39, 0.29) is 5.96 Å². The minimum Gasteiger partial charge on any atom is -0.370 e. The maximum absolute atomic E-state index is 12.4. The maximum atomic E-state index is 12.4. The highest BCUT2D eigenvalue weighted by molar-refractivity contribution is 5.96. The van der Waals surface area contributed by atoms with Crippen LogP contribution in [0.5, 0.6) is 0 Å². The predicted octanol–water partition coefficient (Wildman–Crippen LogP) is 1.31.